The summed E-state index contributed by atoms with van der Waals surface area (Å²) in [6.45, 7) is 3.10. The lowest BCUT2D eigenvalue weighted by molar-refractivity contribution is 0.649. The summed E-state index contributed by atoms with van der Waals surface area (Å²) >= 11 is 0. The highest BCUT2D eigenvalue weighted by molar-refractivity contribution is 5.82. The second-order valence-corrected chi connectivity index (χ2v) is 4.29. The molecule has 90 valence electrons. The van der Waals surface area contributed by atoms with Gasteiger partial charge in [0.25, 0.3) is 0 Å². The molecule has 0 atom stereocenters. The van der Waals surface area contributed by atoms with Crippen LogP contribution in [0.15, 0.2) is 42.5 Å². The molecule has 0 amide bonds. The molecule has 0 aliphatic rings. The van der Waals surface area contributed by atoms with E-state index in [4.69, 9.17) is 0 Å². The molecule has 2 heteroatoms. The lowest BCUT2D eigenvalue weighted by Gasteiger charge is -2.05. The Balaban J connectivity index is 1.90. The van der Waals surface area contributed by atoms with Crippen LogP contribution in [0.2, 0.25) is 0 Å². The van der Waals surface area contributed by atoms with E-state index in [-0.39, 0.29) is 0 Å². The van der Waals surface area contributed by atoms with E-state index < -0.39 is 0 Å². The Morgan fingerprint density at radius 3 is 2.53 bits per heavy atom. The normalized spacial score (nSPS) is 10.9. The average molecular weight is 228 g/mol. The van der Waals surface area contributed by atoms with Crippen LogP contribution >= 0.6 is 0 Å². The molecule has 0 spiro atoms. The summed E-state index contributed by atoms with van der Waals surface area (Å²) in [6, 6.07) is 15.2. The van der Waals surface area contributed by atoms with Gasteiger partial charge in [-0.25, -0.2) is 0 Å². The summed E-state index contributed by atoms with van der Waals surface area (Å²) in [5.41, 5.74) is 1.40. The van der Waals surface area contributed by atoms with E-state index in [1.807, 2.05) is 7.05 Å². The van der Waals surface area contributed by atoms with Crippen LogP contribution in [-0.2, 0) is 6.42 Å². The molecule has 0 saturated carbocycles. The molecule has 2 aromatic rings. The van der Waals surface area contributed by atoms with Gasteiger partial charge >= 0.3 is 0 Å². The lowest BCUT2D eigenvalue weighted by Crippen LogP contribution is -2.26. The number of hydrogen-bond acceptors (Lipinski definition) is 2. The molecule has 2 aromatic carbocycles. The highest BCUT2D eigenvalue weighted by atomic mass is 14.9. The number of fused-ring (bicyclic) bond motifs is 1. The fourth-order valence-electron chi connectivity index (χ4n) is 1.97. The van der Waals surface area contributed by atoms with E-state index in [1.165, 1.54) is 16.3 Å². The highest BCUT2D eigenvalue weighted by Gasteiger charge is 1.96. The van der Waals surface area contributed by atoms with Crippen molar-refractivity contribution in [3.8, 4) is 0 Å². The number of hydrogen-bond donors (Lipinski definition) is 2. The summed E-state index contributed by atoms with van der Waals surface area (Å²) < 4.78 is 0. The van der Waals surface area contributed by atoms with Crippen molar-refractivity contribution in [2.24, 2.45) is 0 Å². The first-order valence-corrected chi connectivity index (χ1v) is 6.23. The van der Waals surface area contributed by atoms with E-state index >= 15 is 0 Å². The fourth-order valence-corrected chi connectivity index (χ4v) is 1.97. The second-order valence-electron chi connectivity index (χ2n) is 4.29. The second kappa shape index (κ2) is 6.38. The third kappa shape index (κ3) is 3.55. The maximum absolute atomic E-state index is 3.42. The highest BCUT2D eigenvalue weighted by Crippen LogP contribution is 2.15. The van der Waals surface area contributed by atoms with Gasteiger partial charge in [-0.15, -0.1) is 0 Å². The first-order chi connectivity index (χ1) is 8.40. The van der Waals surface area contributed by atoms with Crippen LogP contribution in [0.5, 0.6) is 0 Å². The molecule has 0 aliphatic carbocycles. The van der Waals surface area contributed by atoms with Crippen LogP contribution in [0.1, 0.15) is 5.56 Å². The lowest BCUT2D eigenvalue weighted by atomic mass is 10.1. The SMILES string of the molecule is CNCCNCCc1ccc2ccccc2c1. The maximum atomic E-state index is 3.42. The summed E-state index contributed by atoms with van der Waals surface area (Å²) in [4.78, 5) is 0. The number of benzene rings is 2. The van der Waals surface area contributed by atoms with E-state index in [0.717, 1.165) is 26.1 Å². The maximum Gasteiger partial charge on any atom is 0.00767 e. The predicted molar refractivity (Wildman–Crippen MR) is 74.4 cm³/mol. The van der Waals surface area contributed by atoms with Gasteiger partial charge in [-0.3, -0.25) is 0 Å². The summed E-state index contributed by atoms with van der Waals surface area (Å²) in [5, 5.41) is 9.20. The van der Waals surface area contributed by atoms with E-state index in [1.54, 1.807) is 0 Å². The van der Waals surface area contributed by atoms with Gasteiger partial charge in [0.15, 0.2) is 0 Å². The fraction of sp³-hybridized carbons (Fsp3) is 0.333. The smallest absolute Gasteiger partial charge is 0.00767 e. The van der Waals surface area contributed by atoms with E-state index in [9.17, 15) is 0 Å². The van der Waals surface area contributed by atoms with Crippen molar-refractivity contribution in [2.45, 2.75) is 6.42 Å². The molecule has 0 fully saturated rings. The van der Waals surface area contributed by atoms with Gasteiger partial charge in [0.05, 0.1) is 0 Å². The minimum atomic E-state index is 1.03. The zero-order valence-electron chi connectivity index (χ0n) is 10.4. The van der Waals surface area contributed by atoms with Crippen molar-refractivity contribution >= 4 is 10.8 Å². The molecule has 2 rings (SSSR count). The number of rotatable bonds is 6. The molecule has 0 bridgehead atoms. The van der Waals surface area contributed by atoms with Crippen LogP contribution in [0.3, 0.4) is 0 Å². The Bertz CT molecular complexity index is 465. The molecule has 0 heterocycles. The molecule has 0 unspecified atom stereocenters. The van der Waals surface area contributed by atoms with Crippen molar-refractivity contribution in [1.82, 2.24) is 10.6 Å². The standard InChI is InChI=1S/C15H20N2/c1-16-10-11-17-9-8-13-6-7-14-4-2-3-5-15(14)12-13/h2-7,12,16-17H,8-11H2,1H3. The van der Waals surface area contributed by atoms with Gasteiger partial charge in [0.1, 0.15) is 0 Å². The molecule has 2 N–H and O–H groups in total. The zero-order valence-corrected chi connectivity index (χ0v) is 10.4. The van der Waals surface area contributed by atoms with Crippen molar-refractivity contribution < 1.29 is 0 Å². The molecular formula is C15H20N2. The predicted octanol–water partition coefficient (Wildman–Crippen LogP) is 2.19. The minimum Gasteiger partial charge on any atom is -0.318 e. The molecule has 17 heavy (non-hydrogen) atoms. The Kier molecular flexibility index (Phi) is 4.54. The molecule has 0 radical (unpaired) electrons. The molecule has 0 aromatic heterocycles. The Labute approximate surface area is 103 Å². The van der Waals surface area contributed by atoms with Crippen LogP contribution in [0.4, 0.5) is 0 Å². The van der Waals surface area contributed by atoms with Crippen molar-refractivity contribution in [3.63, 3.8) is 0 Å². The van der Waals surface area contributed by atoms with Gasteiger partial charge in [-0.05, 0) is 36.3 Å². The van der Waals surface area contributed by atoms with Crippen LogP contribution in [-0.4, -0.2) is 26.7 Å². The van der Waals surface area contributed by atoms with Crippen LogP contribution in [0, 0.1) is 0 Å². The van der Waals surface area contributed by atoms with Crippen molar-refractivity contribution in [1.29, 1.82) is 0 Å². The van der Waals surface area contributed by atoms with Gasteiger partial charge in [0.2, 0.25) is 0 Å². The molecule has 0 saturated heterocycles. The summed E-state index contributed by atoms with van der Waals surface area (Å²) in [7, 11) is 1.98. The van der Waals surface area contributed by atoms with E-state index in [2.05, 4.69) is 53.1 Å². The number of likely N-dealkylation sites (N-methyl/N-ethyl adjacent to an activating group) is 1. The minimum absolute atomic E-state index is 1.03. The first-order valence-electron chi connectivity index (χ1n) is 6.23. The summed E-state index contributed by atoms with van der Waals surface area (Å²) in [5.74, 6) is 0. The van der Waals surface area contributed by atoms with Crippen LogP contribution < -0.4 is 10.6 Å². The van der Waals surface area contributed by atoms with Gasteiger partial charge in [-0.1, -0.05) is 42.5 Å². The monoisotopic (exact) mass is 228 g/mol. The van der Waals surface area contributed by atoms with Gasteiger partial charge < -0.3 is 10.6 Å². The van der Waals surface area contributed by atoms with Crippen molar-refractivity contribution in [3.05, 3.63) is 48.0 Å². The molecule has 0 aliphatic heterocycles. The molecule has 2 nitrogen and oxygen atoms in total. The largest absolute Gasteiger partial charge is 0.318 e. The Morgan fingerprint density at radius 1 is 0.882 bits per heavy atom. The third-order valence-corrected chi connectivity index (χ3v) is 2.96. The van der Waals surface area contributed by atoms with Gasteiger partial charge in [-0.2, -0.15) is 0 Å². The number of nitrogens with one attached hydrogen (secondary N) is 2. The first kappa shape index (κ1) is 12.1. The third-order valence-electron chi connectivity index (χ3n) is 2.96. The van der Waals surface area contributed by atoms with Gasteiger partial charge in [0, 0.05) is 13.1 Å². The van der Waals surface area contributed by atoms with Crippen LogP contribution in [0.25, 0.3) is 10.8 Å². The zero-order chi connectivity index (χ0) is 11.9. The Hall–Kier alpha value is -1.38. The quantitative estimate of drug-likeness (QED) is 0.741. The average Bonchev–Trinajstić information content (AvgIpc) is 2.38. The topological polar surface area (TPSA) is 24.1 Å². The molecular weight excluding hydrogens is 208 g/mol. The summed E-state index contributed by atoms with van der Waals surface area (Å²) in [6.07, 6.45) is 1.09. The van der Waals surface area contributed by atoms with Crippen molar-refractivity contribution in [2.75, 3.05) is 26.7 Å². The van der Waals surface area contributed by atoms with E-state index in [0.29, 0.717) is 0 Å². The Morgan fingerprint density at radius 2 is 1.71 bits per heavy atom.